The summed E-state index contributed by atoms with van der Waals surface area (Å²) in [5, 5.41) is 7.72. The SMILES string of the molecule is COc1cccc(Cn2ncc(CNC(C)C)c2C)c1F. The van der Waals surface area contributed by atoms with E-state index in [1.807, 2.05) is 17.8 Å². The fourth-order valence-electron chi connectivity index (χ4n) is 2.13. The fraction of sp³-hybridized carbons (Fsp3) is 0.438. The van der Waals surface area contributed by atoms with E-state index in [2.05, 4.69) is 24.3 Å². The average molecular weight is 291 g/mol. The van der Waals surface area contributed by atoms with E-state index in [0.717, 1.165) is 17.8 Å². The zero-order valence-electron chi connectivity index (χ0n) is 13.0. The minimum atomic E-state index is -0.322. The molecule has 2 aromatic rings. The molecule has 0 aliphatic rings. The van der Waals surface area contributed by atoms with E-state index in [1.165, 1.54) is 7.11 Å². The second-order valence-electron chi connectivity index (χ2n) is 5.38. The zero-order valence-corrected chi connectivity index (χ0v) is 13.0. The largest absolute Gasteiger partial charge is 0.494 e. The van der Waals surface area contributed by atoms with Crippen molar-refractivity contribution in [1.82, 2.24) is 15.1 Å². The molecule has 0 bridgehead atoms. The second kappa shape index (κ2) is 6.72. The van der Waals surface area contributed by atoms with Crippen molar-refractivity contribution in [3.05, 3.63) is 47.0 Å². The molecule has 21 heavy (non-hydrogen) atoms. The standard InChI is InChI=1S/C16H22FN3O/c1-11(2)18-8-14-9-19-20(12(14)3)10-13-6-5-7-15(21-4)16(13)17/h5-7,9,11,18H,8,10H2,1-4H3. The van der Waals surface area contributed by atoms with Crippen LogP contribution in [0.4, 0.5) is 4.39 Å². The van der Waals surface area contributed by atoms with Gasteiger partial charge in [-0.05, 0) is 13.0 Å². The first-order valence-corrected chi connectivity index (χ1v) is 7.09. The van der Waals surface area contributed by atoms with Gasteiger partial charge in [0.15, 0.2) is 11.6 Å². The van der Waals surface area contributed by atoms with E-state index in [9.17, 15) is 4.39 Å². The van der Waals surface area contributed by atoms with Crippen LogP contribution in [0.2, 0.25) is 0 Å². The number of aromatic nitrogens is 2. The summed E-state index contributed by atoms with van der Waals surface area (Å²) in [6.45, 7) is 7.37. The molecule has 114 valence electrons. The quantitative estimate of drug-likeness (QED) is 0.889. The minimum absolute atomic E-state index is 0.263. The molecule has 1 aromatic carbocycles. The van der Waals surface area contributed by atoms with Crippen molar-refractivity contribution in [1.29, 1.82) is 0 Å². The molecule has 0 fully saturated rings. The maximum absolute atomic E-state index is 14.2. The maximum Gasteiger partial charge on any atom is 0.170 e. The molecular formula is C16H22FN3O. The van der Waals surface area contributed by atoms with Gasteiger partial charge in [-0.3, -0.25) is 4.68 Å². The molecule has 0 amide bonds. The van der Waals surface area contributed by atoms with Gasteiger partial charge in [0.1, 0.15) is 0 Å². The van der Waals surface area contributed by atoms with Crippen LogP contribution >= 0.6 is 0 Å². The van der Waals surface area contributed by atoms with Gasteiger partial charge in [-0.1, -0.05) is 26.0 Å². The Labute approximate surface area is 124 Å². The lowest BCUT2D eigenvalue weighted by Gasteiger charge is -2.10. The molecule has 0 spiro atoms. The van der Waals surface area contributed by atoms with Crippen LogP contribution in [0.5, 0.6) is 5.75 Å². The van der Waals surface area contributed by atoms with Crippen molar-refractivity contribution in [2.45, 2.75) is 39.9 Å². The predicted octanol–water partition coefficient (Wildman–Crippen LogP) is 2.89. The Balaban J connectivity index is 2.17. The lowest BCUT2D eigenvalue weighted by atomic mass is 10.2. The van der Waals surface area contributed by atoms with E-state index < -0.39 is 0 Å². The van der Waals surface area contributed by atoms with Gasteiger partial charge < -0.3 is 10.1 Å². The third-order valence-corrected chi connectivity index (χ3v) is 3.49. The number of nitrogens with zero attached hydrogens (tertiary/aromatic N) is 2. The third-order valence-electron chi connectivity index (χ3n) is 3.49. The zero-order chi connectivity index (χ0) is 15.4. The summed E-state index contributed by atoms with van der Waals surface area (Å²) in [6.07, 6.45) is 1.84. The van der Waals surface area contributed by atoms with Crippen LogP contribution in [-0.4, -0.2) is 22.9 Å². The fourth-order valence-corrected chi connectivity index (χ4v) is 2.13. The van der Waals surface area contributed by atoms with Crippen LogP contribution in [-0.2, 0) is 13.1 Å². The van der Waals surface area contributed by atoms with Gasteiger partial charge in [0.2, 0.25) is 0 Å². The minimum Gasteiger partial charge on any atom is -0.494 e. The highest BCUT2D eigenvalue weighted by Crippen LogP contribution is 2.21. The Morgan fingerprint density at radius 2 is 2.10 bits per heavy atom. The van der Waals surface area contributed by atoms with Crippen LogP contribution in [0.15, 0.2) is 24.4 Å². The number of hydrogen-bond donors (Lipinski definition) is 1. The van der Waals surface area contributed by atoms with Crippen molar-refractivity contribution >= 4 is 0 Å². The van der Waals surface area contributed by atoms with E-state index in [-0.39, 0.29) is 11.6 Å². The molecule has 0 unspecified atom stereocenters. The number of rotatable bonds is 6. The van der Waals surface area contributed by atoms with Crippen molar-refractivity contribution < 1.29 is 9.13 Å². The number of nitrogens with one attached hydrogen (secondary N) is 1. The normalized spacial score (nSPS) is 11.1. The molecule has 0 radical (unpaired) electrons. The smallest absolute Gasteiger partial charge is 0.170 e. The van der Waals surface area contributed by atoms with E-state index >= 15 is 0 Å². The molecule has 0 aliphatic carbocycles. The number of halogens is 1. The molecule has 0 aliphatic heterocycles. The first kappa shape index (κ1) is 15.5. The molecule has 0 saturated carbocycles. The molecular weight excluding hydrogens is 269 g/mol. The van der Waals surface area contributed by atoms with Gasteiger partial charge in [-0.15, -0.1) is 0 Å². The molecule has 0 saturated heterocycles. The van der Waals surface area contributed by atoms with Crippen LogP contribution < -0.4 is 10.1 Å². The van der Waals surface area contributed by atoms with Crippen molar-refractivity contribution in [2.75, 3.05) is 7.11 Å². The lowest BCUT2D eigenvalue weighted by Crippen LogP contribution is -2.22. The Morgan fingerprint density at radius 1 is 1.33 bits per heavy atom. The summed E-state index contributed by atoms with van der Waals surface area (Å²) in [5.74, 6) is -0.0595. The number of ether oxygens (including phenoxy) is 1. The van der Waals surface area contributed by atoms with Crippen molar-refractivity contribution in [3.8, 4) is 5.75 Å². The van der Waals surface area contributed by atoms with E-state index in [4.69, 9.17) is 4.74 Å². The van der Waals surface area contributed by atoms with Crippen LogP contribution in [0.25, 0.3) is 0 Å². The Bertz CT molecular complexity index is 608. The van der Waals surface area contributed by atoms with Gasteiger partial charge in [0.25, 0.3) is 0 Å². The Kier molecular flexibility index (Phi) is 4.96. The highest BCUT2D eigenvalue weighted by atomic mass is 19.1. The lowest BCUT2D eigenvalue weighted by molar-refractivity contribution is 0.383. The highest BCUT2D eigenvalue weighted by molar-refractivity contribution is 5.31. The third kappa shape index (κ3) is 3.61. The number of benzene rings is 1. The molecule has 1 N–H and O–H groups in total. The van der Waals surface area contributed by atoms with Crippen LogP contribution in [0.1, 0.15) is 30.7 Å². The van der Waals surface area contributed by atoms with Crippen molar-refractivity contribution in [2.24, 2.45) is 0 Å². The summed E-state index contributed by atoms with van der Waals surface area (Å²) in [7, 11) is 1.47. The summed E-state index contributed by atoms with van der Waals surface area (Å²) in [5.41, 5.74) is 2.75. The van der Waals surface area contributed by atoms with Gasteiger partial charge in [0, 0.05) is 29.4 Å². The second-order valence-corrected chi connectivity index (χ2v) is 5.38. The molecule has 2 rings (SSSR count). The Hall–Kier alpha value is -1.88. The summed E-state index contributed by atoms with van der Waals surface area (Å²) in [4.78, 5) is 0. The topological polar surface area (TPSA) is 39.1 Å². The average Bonchev–Trinajstić information content (AvgIpc) is 2.80. The first-order chi connectivity index (χ1) is 10.0. The molecule has 5 heteroatoms. The summed E-state index contributed by atoms with van der Waals surface area (Å²) < 4.78 is 21.0. The van der Waals surface area contributed by atoms with Gasteiger partial charge in [-0.2, -0.15) is 5.10 Å². The van der Waals surface area contributed by atoms with Crippen LogP contribution in [0.3, 0.4) is 0 Å². The predicted molar refractivity (Wildman–Crippen MR) is 81.0 cm³/mol. The Morgan fingerprint density at radius 3 is 2.76 bits per heavy atom. The summed E-state index contributed by atoms with van der Waals surface area (Å²) in [6, 6.07) is 5.58. The molecule has 0 atom stereocenters. The first-order valence-electron chi connectivity index (χ1n) is 7.09. The van der Waals surface area contributed by atoms with Gasteiger partial charge in [-0.25, -0.2) is 4.39 Å². The summed E-state index contributed by atoms with van der Waals surface area (Å²) >= 11 is 0. The highest BCUT2D eigenvalue weighted by Gasteiger charge is 2.12. The van der Waals surface area contributed by atoms with Gasteiger partial charge in [0.05, 0.1) is 19.9 Å². The number of hydrogen-bond acceptors (Lipinski definition) is 3. The van der Waals surface area contributed by atoms with Crippen molar-refractivity contribution in [3.63, 3.8) is 0 Å². The van der Waals surface area contributed by atoms with E-state index in [0.29, 0.717) is 18.2 Å². The monoisotopic (exact) mass is 291 g/mol. The number of methoxy groups -OCH3 is 1. The van der Waals surface area contributed by atoms with Gasteiger partial charge >= 0.3 is 0 Å². The molecule has 4 nitrogen and oxygen atoms in total. The maximum atomic E-state index is 14.2. The van der Waals surface area contributed by atoms with E-state index in [1.54, 1.807) is 18.2 Å². The molecule has 1 aromatic heterocycles. The van der Waals surface area contributed by atoms with Crippen LogP contribution in [0, 0.1) is 12.7 Å². The molecule has 1 heterocycles.